The Balaban J connectivity index is 1.57. The van der Waals surface area contributed by atoms with Crippen molar-refractivity contribution in [2.24, 2.45) is 5.92 Å². The van der Waals surface area contributed by atoms with Gasteiger partial charge in [0.25, 0.3) is 0 Å². The Morgan fingerprint density at radius 3 is 2.38 bits per heavy atom. The standard InChI is InChI=1S/C35H30N4O3/c1-21(2)20-38-30-17-14-24(35(40)42-4)18-28(30)37-34(38)26-9-7-10-27-33(26)39-29-11-6-5-8-23(29)19-31(39)32(36-27)22-12-15-25(41-3)16-13-22/h5-19,21H,20H2,1-4H3. The first-order chi connectivity index (χ1) is 20.5. The third-order valence-electron chi connectivity index (χ3n) is 7.75. The lowest BCUT2D eigenvalue weighted by atomic mass is 10.1. The number of methoxy groups -OCH3 is 2. The zero-order valence-corrected chi connectivity index (χ0v) is 24.0. The molecule has 3 heterocycles. The van der Waals surface area contributed by atoms with Crippen molar-refractivity contribution in [3.63, 3.8) is 0 Å². The molecule has 0 aliphatic heterocycles. The Hall–Kier alpha value is -5.17. The van der Waals surface area contributed by atoms with E-state index in [0.717, 1.165) is 73.4 Å². The first-order valence-electron chi connectivity index (χ1n) is 14.0. The van der Waals surface area contributed by atoms with Crippen LogP contribution in [0.4, 0.5) is 0 Å². The minimum atomic E-state index is -0.377. The number of esters is 1. The number of imidazole rings is 1. The van der Waals surface area contributed by atoms with Crippen molar-refractivity contribution < 1.29 is 14.3 Å². The maximum atomic E-state index is 12.3. The lowest BCUT2D eigenvalue weighted by Gasteiger charge is -2.16. The largest absolute Gasteiger partial charge is 0.497 e. The Morgan fingerprint density at radius 2 is 1.62 bits per heavy atom. The van der Waals surface area contributed by atoms with Crippen molar-refractivity contribution in [1.29, 1.82) is 0 Å². The highest BCUT2D eigenvalue weighted by molar-refractivity contribution is 6.03. The van der Waals surface area contributed by atoms with Gasteiger partial charge in [0.1, 0.15) is 11.6 Å². The lowest BCUT2D eigenvalue weighted by Crippen LogP contribution is -2.07. The fraction of sp³-hybridized carbons (Fsp3) is 0.171. The number of ether oxygens (including phenoxy) is 2. The summed E-state index contributed by atoms with van der Waals surface area (Å²) in [7, 11) is 3.07. The van der Waals surface area contributed by atoms with E-state index in [0.29, 0.717) is 11.5 Å². The molecule has 0 aliphatic carbocycles. The van der Waals surface area contributed by atoms with E-state index in [1.165, 1.54) is 7.11 Å². The minimum Gasteiger partial charge on any atom is -0.497 e. The second-order valence-corrected chi connectivity index (χ2v) is 10.9. The van der Waals surface area contributed by atoms with Crippen LogP contribution in [0.25, 0.3) is 61.1 Å². The molecule has 0 amide bonds. The Labute approximate surface area is 243 Å². The average Bonchev–Trinajstić information content (AvgIpc) is 3.58. The van der Waals surface area contributed by atoms with E-state index in [1.54, 1.807) is 13.2 Å². The van der Waals surface area contributed by atoms with Crippen molar-refractivity contribution in [2.75, 3.05) is 14.2 Å². The van der Waals surface area contributed by atoms with Crippen LogP contribution < -0.4 is 4.74 Å². The fourth-order valence-corrected chi connectivity index (χ4v) is 5.88. The van der Waals surface area contributed by atoms with Crippen molar-refractivity contribution in [1.82, 2.24) is 18.9 Å². The van der Waals surface area contributed by atoms with E-state index in [4.69, 9.17) is 19.4 Å². The molecule has 0 radical (unpaired) electrons. The van der Waals surface area contributed by atoms with Crippen molar-refractivity contribution in [3.8, 4) is 28.4 Å². The second-order valence-electron chi connectivity index (χ2n) is 10.9. The van der Waals surface area contributed by atoms with Gasteiger partial charge in [-0.1, -0.05) is 38.1 Å². The number of hydrogen-bond acceptors (Lipinski definition) is 5. The Morgan fingerprint density at radius 1 is 0.810 bits per heavy atom. The summed E-state index contributed by atoms with van der Waals surface area (Å²) in [5.41, 5.74) is 9.06. The first kappa shape index (κ1) is 25.8. The van der Waals surface area contributed by atoms with E-state index < -0.39 is 0 Å². The number of fused-ring (bicyclic) bond motifs is 6. The summed E-state index contributed by atoms with van der Waals surface area (Å²) in [6.45, 7) is 5.16. The predicted molar refractivity (Wildman–Crippen MR) is 167 cm³/mol. The van der Waals surface area contributed by atoms with Crippen LogP contribution in [0.1, 0.15) is 24.2 Å². The van der Waals surface area contributed by atoms with Gasteiger partial charge in [0, 0.05) is 23.1 Å². The van der Waals surface area contributed by atoms with Gasteiger partial charge >= 0.3 is 5.97 Å². The van der Waals surface area contributed by atoms with Gasteiger partial charge in [-0.2, -0.15) is 0 Å². The second kappa shape index (κ2) is 10.0. The molecule has 0 aliphatic rings. The topological polar surface area (TPSA) is 70.7 Å². The van der Waals surface area contributed by atoms with Crippen LogP contribution >= 0.6 is 0 Å². The quantitative estimate of drug-likeness (QED) is 0.196. The summed E-state index contributed by atoms with van der Waals surface area (Å²) in [4.78, 5) is 22.7. The molecule has 7 aromatic rings. The van der Waals surface area contributed by atoms with E-state index in [2.05, 4.69) is 77.4 Å². The van der Waals surface area contributed by atoms with E-state index in [1.807, 2.05) is 30.3 Å². The van der Waals surface area contributed by atoms with Gasteiger partial charge in [0.15, 0.2) is 0 Å². The molecule has 0 unspecified atom stereocenters. The van der Waals surface area contributed by atoms with Gasteiger partial charge in [-0.15, -0.1) is 0 Å². The predicted octanol–water partition coefficient (Wildman–Crippen LogP) is 7.78. The smallest absolute Gasteiger partial charge is 0.337 e. The highest BCUT2D eigenvalue weighted by Crippen LogP contribution is 2.37. The summed E-state index contributed by atoms with van der Waals surface area (Å²) >= 11 is 0. The van der Waals surface area contributed by atoms with Crippen LogP contribution in [0.3, 0.4) is 0 Å². The summed E-state index contributed by atoms with van der Waals surface area (Å²) in [5.74, 6) is 1.64. The molecule has 0 N–H and O–H groups in total. The molecular weight excluding hydrogens is 524 g/mol. The molecule has 3 aromatic heterocycles. The Kier molecular flexibility index (Phi) is 6.16. The van der Waals surface area contributed by atoms with Crippen LogP contribution in [0, 0.1) is 5.92 Å². The van der Waals surface area contributed by atoms with E-state index in [-0.39, 0.29) is 5.97 Å². The van der Waals surface area contributed by atoms with Crippen molar-refractivity contribution in [3.05, 3.63) is 96.6 Å². The van der Waals surface area contributed by atoms with Gasteiger partial charge in [-0.3, -0.25) is 0 Å². The normalized spacial score (nSPS) is 11.7. The number of carbonyl (C=O) groups excluding carboxylic acids is 1. The zero-order chi connectivity index (χ0) is 29.0. The summed E-state index contributed by atoms with van der Waals surface area (Å²) in [6.07, 6.45) is 0. The van der Waals surface area contributed by atoms with Gasteiger partial charge in [-0.25, -0.2) is 14.8 Å². The van der Waals surface area contributed by atoms with E-state index in [9.17, 15) is 4.79 Å². The van der Waals surface area contributed by atoms with Crippen LogP contribution in [-0.2, 0) is 11.3 Å². The van der Waals surface area contributed by atoms with Gasteiger partial charge in [0.05, 0.1) is 58.6 Å². The van der Waals surface area contributed by atoms with Crippen LogP contribution in [0.5, 0.6) is 5.75 Å². The van der Waals surface area contributed by atoms with E-state index >= 15 is 0 Å². The molecule has 0 saturated heterocycles. The number of rotatable bonds is 6. The number of carbonyl (C=O) groups is 1. The van der Waals surface area contributed by atoms with Crippen LogP contribution in [0.2, 0.25) is 0 Å². The summed E-state index contributed by atoms with van der Waals surface area (Å²) < 4.78 is 14.9. The van der Waals surface area contributed by atoms with Crippen LogP contribution in [-0.4, -0.2) is 39.1 Å². The third-order valence-corrected chi connectivity index (χ3v) is 7.75. The first-order valence-corrected chi connectivity index (χ1v) is 14.0. The molecule has 0 atom stereocenters. The molecule has 0 bridgehead atoms. The molecule has 208 valence electrons. The van der Waals surface area contributed by atoms with Crippen LogP contribution in [0.15, 0.2) is 91.0 Å². The zero-order valence-electron chi connectivity index (χ0n) is 24.0. The number of para-hydroxylation sites is 2. The van der Waals surface area contributed by atoms with Gasteiger partial charge in [-0.05, 0) is 72.6 Å². The monoisotopic (exact) mass is 554 g/mol. The highest BCUT2D eigenvalue weighted by Gasteiger charge is 2.22. The van der Waals surface area contributed by atoms with Crippen molar-refractivity contribution in [2.45, 2.75) is 20.4 Å². The third kappa shape index (κ3) is 4.08. The number of benzene rings is 4. The Bertz CT molecular complexity index is 2140. The highest BCUT2D eigenvalue weighted by atomic mass is 16.5. The SMILES string of the molecule is COC(=O)c1ccc2c(c1)nc(-c1cccc3nc(-c4ccc(OC)cc4)c4cc5ccccc5n4c13)n2CC(C)C. The van der Waals surface area contributed by atoms with Crippen molar-refractivity contribution >= 4 is 44.5 Å². The molecular formula is C35H30N4O3. The summed E-state index contributed by atoms with van der Waals surface area (Å²) in [5, 5.41) is 1.13. The average molecular weight is 555 g/mol. The molecule has 0 saturated carbocycles. The molecule has 0 spiro atoms. The molecule has 7 heteroatoms. The molecule has 7 nitrogen and oxygen atoms in total. The summed E-state index contributed by atoms with van der Waals surface area (Å²) in [6, 6.07) is 30.5. The molecule has 42 heavy (non-hydrogen) atoms. The minimum absolute atomic E-state index is 0.377. The number of nitrogens with zero attached hydrogens (tertiary/aromatic N) is 4. The van der Waals surface area contributed by atoms with Gasteiger partial charge in [0.2, 0.25) is 0 Å². The number of hydrogen-bond donors (Lipinski definition) is 0. The molecule has 7 rings (SSSR count). The van der Waals surface area contributed by atoms with Gasteiger partial charge < -0.3 is 18.4 Å². The lowest BCUT2D eigenvalue weighted by molar-refractivity contribution is 0.0601. The maximum Gasteiger partial charge on any atom is 0.337 e. The molecule has 0 fully saturated rings. The molecule has 4 aromatic carbocycles. The number of aromatic nitrogens is 4. The maximum absolute atomic E-state index is 12.3. The fourth-order valence-electron chi connectivity index (χ4n) is 5.88.